The van der Waals surface area contributed by atoms with Crippen molar-refractivity contribution in [2.45, 2.75) is 13.8 Å². The van der Waals surface area contributed by atoms with Crippen LogP contribution in [0.1, 0.15) is 11.5 Å². The van der Waals surface area contributed by atoms with Crippen LogP contribution < -0.4 is 10.9 Å². The van der Waals surface area contributed by atoms with Crippen LogP contribution in [-0.2, 0) is 0 Å². The van der Waals surface area contributed by atoms with Gasteiger partial charge in [-0.2, -0.15) is 0 Å². The molecule has 1 amide bonds. The van der Waals surface area contributed by atoms with Gasteiger partial charge in [0.1, 0.15) is 11.4 Å². The van der Waals surface area contributed by atoms with E-state index in [4.69, 9.17) is 9.63 Å². The summed E-state index contributed by atoms with van der Waals surface area (Å²) < 4.78 is 4.78. The summed E-state index contributed by atoms with van der Waals surface area (Å²) in [5.74, 6) is 0.543. The number of amides is 1. The number of anilines is 1. The van der Waals surface area contributed by atoms with Gasteiger partial charge in [-0.1, -0.05) is 5.16 Å². The lowest BCUT2D eigenvalue weighted by Gasteiger charge is -2.02. The van der Waals surface area contributed by atoms with Crippen LogP contribution in [0, 0.1) is 13.8 Å². The lowest BCUT2D eigenvalue weighted by molar-refractivity contribution is 0.197. The molecule has 6 nitrogen and oxygen atoms in total. The van der Waals surface area contributed by atoms with E-state index in [0.29, 0.717) is 17.1 Å². The fourth-order valence-corrected chi connectivity index (χ4v) is 0.777. The number of hydrazine groups is 1. The van der Waals surface area contributed by atoms with Crippen LogP contribution in [0.15, 0.2) is 4.52 Å². The van der Waals surface area contributed by atoms with Crippen molar-refractivity contribution in [1.82, 2.24) is 10.6 Å². The molecule has 0 aliphatic rings. The summed E-state index contributed by atoms with van der Waals surface area (Å²) in [6, 6.07) is 0. The van der Waals surface area contributed by atoms with Crippen LogP contribution in [0.4, 0.5) is 10.5 Å². The number of aryl methyl sites for hydroxylation is 2. The van der Waals surface area contributed by atoms with Gasteiger partial charge in [0.2, 0.25) is 0 Å². The summed E-state index contributed by atoms with van der Waals surface area (Å²) in [4.78, 5) is 10.1. The maximum Gasteiger partial charge on any atom is 0.423 e. The van der Waals surface area contributed by atoms with Gasteiger partial charge in [0.05, 0.1) is 0 Å². The SMILES string of the molecule is Cc1noc(C)c1NNC(=O)O.Cl. The lowest BCUT2D eigenvalue weighted by atomic mass is 10.3. The zero-order valence-corrected chi connectivity index (χ0v) is 7.94. The van der Waals surface area contributed by atoms with Crippen molar-refractivity contribution in [3.05, 3.63) is 11.5 Å². The smallest absolute Gasteiger partial charge is 0.423 e. The van der Waals surface area contributed by atoms with Crippen LogP contribution in [0.5, 0.6) is 0 Å². The Morgan fingerprint density at radius 1 is 1.54 bits per heavy atom. The maximum absolute atomic E-state index is 10.1. The summed E-state index contributed by atoms with van der Waals surface area (Å²) in [6.45, 7) is 3.40. The van der Waals surface area contributed by atoms with Crippen molar-refractivity contribution in [2.75, 3.05) is 5.43 Å². The van der Waals surface area contributed by atoms with Gasteiger partial charge in [-0.05, 0) is 13.8 Å². The Balaban J connectivity index is 0.00000144. The molecule has 0 spiro atoms. The minimum atomic E-state index is -1.16. The van der Waals surface area contributed by atoms with Crippen molar-refractivity contribution in [2.24, 2.45) is 0 Å². The molecule has 0 fully saturated rings. The fourth-order valence-electron chi connectivity index (χ4n) is 0.777. The van der Waals surface area contributed by atoms with Crippen molar-refractivity contribution in [3.63, 3.8) is 0 Å². The van der Waals surface area contributed by atoms with Crippen LogP contribution in [0.25, 0.3) is 0 Å². The highest BCUT2D eigenvalue weighted by Gasteiger charge is 2.08. The second-order valence-corrected chi connectivity index (χ2v) is 2.25. The van der Waals surface area contributed by atoms with E-state index < -0.39 is 6.09 Å². The second-order valence-electron chi connectivity index (χ2n) is 2.25. The first-order valence-electron chi connectivity index (χ1n) is 3.29. The number of halogens is 1. The van der Waals surface area contributed by atoms with Crippen LogP contribution in [0.2, 0.25) is 0 Å². The molecule has 1 heterocycles. The zero-order chi connectivity index (χ0) is 9.14. The number of aromatic nitrogens is 1. The Labute approximate surface area is 80.7 Å². The van der Waals surface area contributed by atoms with Gasteiger partial charge in [-0.3, -0.25) is 5.43 Å². The van der Waals surface area contributed by atoms with E-state index in [9.17, 15) is 4.79 Å². The van der Waals surface area contributed by atoms with Crippen molar-refractivity contribution in [3.8, 4) is 0 Å². The number of nitrogens with one attached hydrogen (secondary N) is 2. The molecular formula is C6H10ClN3O3. The summed E-state index contributed by atoms with van der Waals surface area (Å²) in [7, 11) is 0. The molecule has 0 atom stereocenters. The monoisotopic (exact) mass is 207 g/mol. The van der Waals surface area contributed by atoms with Crippen LogP contribution in [0.3, 0.4) is 0 Å². The number of carbonyl (C=O) groups is 1. The van der Waals surface area contributed by atoms with E-state index in [-0.39, 0.29) is 12.4 Å². The Morgan fingerprint density at radius 2 is 2.15 bits per heavy atom. The molecule has 1 aromatic rings. The standard InChI is InChI=1S/C6H9N3O3.ClH/c1-3-5(4(2)12-9-3)7-8-6(10)11;/h7-8H,1-2H3,(H,10,11);1H. The van der Waals surface area contributed by atoms with Crippen molar-refractivity contribution < 1.29 is 14.4 Å². The molecule has 0 bridgehead atoms. The predicted octanol–water partition coefficient (Wildman–Crippen LogP) is 1.31. The van der Waals surface area contributed by atoms with Gasteiger partial charge in [0, 0.05) is 0 Å². The molecule has 0 unspecified atom stereocenters. The molecular weight excluding hydrogens is 198 g/mol. The molecule has 0 aliphatic carbocycles. The third-order valence-electron chi connectivity index (χ3n) is 1.33. The first-order valence-corrected chi connectivity index (χ1v) is 3.29. The van der Waals surface area contributed by atoms with Crippen molar-refractivity contribution >= 4 is 24.2 Å². The van der Waals surface area contributed by atoms with Crippen LogP contribution in [-0.4, -0.2) is 16.4 Å². The molecule has 7 heteroatoms. The van der Waals surface area contributed by atoms with Gasteiger partial charge < -0.3 is 9.63 Å². The van der Waals surface area contributed by atoms with Gasteiger partial charge >= 0.3 is 6.09 Å². The van der Waals surface area contributed by atoms with E-state index in [1.165, 1.54) is 0 Å². The Kier molecular flexibility index (Phi) is 4.06. The van der Waals surface area contributed by atoms with E-state index in [1.807, 2.05) is 5.43 Å². The van der Waals surface area contributed by atoms with Crippen molar-refractivity contribution in [1.29, 1.82) is 0 Å². The lowest BCUT2D eigenvalue weighted by Crippen LogP contribution is -2.27. The highest BCUT2D eigenvalue weighted by atomic mass is 35.5. The molecule has 13 heavy (non-hydrogen) atoms. The molecule has 3 N–H and O–H groups in total. The quantitative estimate of drug-likeness (QED) is 0.637. The molecule has 0 aliphatic heterocycles. The molecule has 0 saturated carbocycles. The fraction of sp³-hybridized carbons (Fsp3) is 0.333. The zero-order valence-electron chi connectivity index (χ0n) is 7.12. The number of hydrogen-bond donors (Lipinski definition) is 3. The Morgan fingerprint density at radius 3 is 2.54 bits per heavy atom. The average Bonchev–Trinajstić information content (AvgIpc) is 2.28. The number of nitrogens with zero attached hydrogens (tertiary/aromatic N) is 1. The first-order chi connectivity index (χ1) is 5.61. The van der Waals surface area contributed by atoms with Gasteiger partial charge in [-0.15, -0.1) is 12.4 Å². The van der Waals surface area contributed by atoms with E-state index in [0.717, 1.165) is 0 Å². The highest BCUT2D eigenvalue weighted by molar-refractivity contribution is 5.85. The van der Waals surface area contributed by atoms with E-state index >= 15 is 0 Å². The Bertz CT molecular complexity index is 280. The topological polar surface area (TPSA) is 87.4 Å². The van der Waals surface area contributed by atoms with Gasteiger partial charge in [-0.25, -0.2) is 10.2 Å². The van der Waals surface area contributed by atoms with E-state index in [1.54, 1.807) is 13.8 Å². The molecule has 1 rings (SSSR count). The normalized spacial score (nSPS) is 8.77. The third-order valence-corrected chi connectivity index (χ3v) is 1.33. The number of rotatable bonds is 2. The molecule has 0 aromatic carbocycles. The number of carboxylic acid groups (broad SMARTS) is 1. The largest absolute Gasteiger partial charge is 0.464 e. The van der Waals surface area contributed by atoms with Crippen LogP contribution >= 0.6 is 12.4 Å². The molecule has 0 saturated heterocycles. The highest BCUT2D eigenvalue weighted by Crippen LogP contribution is 2.16. The van der Waals surface area contributed by atoms with Gasteiger partial charge in [0.25, 0.3) is 0 Å². The Hall–Kier alpha value is -1.43. The average molecular weight is 208 g/mol. The minimum Gasteiger partial charge on any atom is -0.464 e. The summed E-state index contributed by atoms with van der Waals surface area (Å²) in [5, 5.41) is 11.9. The first kappa shape index (κ1) is 11.6. The predicted molar refractivity (Wildman–Crippen MR) is 48.0 cm³/mol. The molecule has 0 radical (unpaired) electrons. The second kappa shape index (κ2) is 4.56. The summed E-state index contributed by atoms with van der Waals surface area (Å²) >= 11 is 0. The molecule has 74 valence electrons. The van der Waals surface area contributed by atoms with Gasteiger partial charge in [0.15, 0.2) is 5.76 Å². The third kappa shape index (κ3) is 2.83. The summed E-state index contributed by atoms with van der Waals surface area (Å²) in [6.07, 6.45) is -1.16. The maximum atomic E-state index is 10.1. The molecule has 1 aromatic heterocycles. The van der Waals surface area contributed by atoms with E-state index in [2.05, 4.69) is 10.6 Å². The minimum absolute atomic E-state index is 0. The number of hydrogen-bond acceptors (Lipinski definition) is 4. The summed E-state index contributed by atoms with van der Waals surface area (Å²) in [5.41, 5.74) is 5.62.